The zero-order chi connectivity index (χ0) is 11.7. The lowest BCUT2D eigenvalue weighted by atomic mass is 10.1. The zero-order valence-electron chi connectivity index (χ0n) is 9.03. The molecular weight excluding hydrogens is 209 g/mol. The molecule has 16 heavy (non-hydrogen) atoms. The largest absolute Gasteiger partial charge is 0.378 e. The number of aryl methyl sites for hydroxylation is 1. The van der Waals surface area contributed by atoms with Gasteiger partial charge in [-0.05, 0) is 37.0 Å². The Morgan fingerprint density at radius 2 is 2.25 bits per heavy atom. The standard InChI is InChI=1S/C12H14FNO2/c1-7-6-8(2-5-10(7)13)11(15)12(16)14-9-3-4-9/h2,5-6,9,11,15H,3-4H2,1H3,(H,14,16). The van der Waals surface area contributed by atoms with E-state index in [0.717, 1.165) is 12.8 Å². The summed E-state index contributed by atoms with van der Waals surface area (Å²) in [6.45, 7) is 1.60. The van der Waals surface area contributed by atoms with E-state index in [0.29, 0.717) is 11.1 Å². The van der Waals surface area contributed by atoms with Gasteiger partial charge in [-0.15, -0.1) is 0 Å². The molecular formula is C12H14FNO2. The highest BCUT2D eigenvalue weighted by Crippen LogP contribution is 2.22. The third-order valence-electron chi connectivity index (χ3n) is 2.67. The van der Waals surface area contributed by atoms with Gasteiger partial charge < -0.3 is 10.4 Å². The van der Waals surface area contributed by atoms with E-state index in [-0.39, 0.29) is 11.9 Å². The summed E-state index contributed by atoms with van der Waals surface area (Å²) in [7, 11) is 0. The lowest BCUT2D eigenvalue weighted by Gasteiger charge is -2.11. The number of nitrogens with one attached hydrogen (secondary N) is 1. The van der Waals surface area contributed by atoms with Crippen molar-refractivity contribution in [3.05, 3.63) is 35.1 Å². The van der Waals surface area contributed by atoms with Crippen LogP contribution in [-0.2, 0) is 4.79 Å². The van der Waals surface area contributed by atoms with Crippen molar-refractivity contribution in [1.29, 1.82) is 0 Å². The maximum atomic E-state index is 13.0. The molecule has 1 aliphatic rings. The van der Waals surface area contributed by atoms with Crippen LogP contribution in [0.5, 0.6) is 0 Å². The molecule has 1 saturated carbocycles. The molecule has 2 rings (SSSR count). The number of hydrogen-bond acceptors (Lipinski definition) is 2. The smallest absolute Gasteiger partial charge is 0.253 e. The number of carbonyl (C=O) groups excluding carboxylic acids is 1. The van der Waals surface area contributed by atoms with Crippen LogP contribution in [0.1, 0.15) is 30.1 Å². The molecule has 3 nitrogen and oxygen atoms in total. The third kappa shape index (κ3) is 2.39. The summed E-state index contributed by atoms with van der Waals surface area (Å²) in [6.07, 6.45) is 0.738. The summed E-state index contributed by atoms with van der Waals surface area (Å²) in [5.41, 5.74) is 0.854. The third-order valence-corrected chi connectivity index (χ3v) is 2.67. The van der Waals surface area contributed by atoms with E-state index < -0.39 is 12.0 Å². The Morgan fingerprint density at radius 3 is 2.81 bits per heavy atom. The van der Waals surface area contributed by atoms with Crippen LogP contribution in [0.15, 0.2) is 18.2 Å². The highest BCUT2D eigenvalue weighted by molar-refractivity contribution is 5.82. The molecule has 0 spiro atoms. The maximum absolute atomic E-state index is 13.0. The molecule has 1 aromatic rings. The number of rotatable bonds is 3. The molecule has 0 saturated heterocycles. The second-order valence-electron chi connectivity index (χ2n) is 4.19. The molecule has 1 atom stereocenters. The van der Waals surface area contributed by atoms with Crippen LogP contribution in [0.25, 0.3) is 0 Å². The van der Waals surface area contributed by atoms with Crippen molar-refractivity contribution in [2.24, 2.45) is 0 Å². The number of halogens is 1. The number of aliphatic hydroxyl groups excluding tert-OH is 1. The van der Waals surface area contributed by atoms with Crippen LogP contribution in [0.3, 0.4) is 0 Å². The number of amides is 1. The number of aliphatic hydroxyl groups is 1. The van der Waals surface area contributed by atoms with Crippen molar-refractivity contribution >= 4 is 5.91 Å². The van der Waals surface area contributed by atoms with Crippen molar-refractivity contribution < 1.29 is 14.3 Å². The lowest BCUT2D eigenvalue weighted by molar-refractivity contribution is -0.129. The molecule has 1 fully saturated rings. The van der Waals surface area contributed by atoms with Gasteiger partial charge in [0.05, 0.1) is 0 Å². The van der Waals surface area contributed by atoms with Crippen molar-refractivity contribution in [2.45, 2.75) is 31.9 Å². The minimum absolute atomic E-state index is 0.212. The molecule has 0 aliphatic heterocycles. The van der Waals surface area contributed by atoms with Crippen molar-refractivity contribution in [1.82, 2.24) is 5.32 Å². The van der Waals surface area contributed by atoms with Crippen LogP contribution in [0, 0.1) is 12.7 Å². The van der Waals surface area contributed by atoms with Crippen LogP contribution in [0.4, 0.5) is 4.39 Å². The number of hydrogen-bond donors (Lipinski definition) is 2. The van der Waals surface area contributed by atoms with Crippen LogP contribution < -0.4 is 5.32 Å². The van der Waals surface area contributed by atoms with E-state index in [1.165, 1.54) is 18.2 Å². The summed E-state index contributed by atoms with van der Waals surface area (Å²) in [6, 6.07) is 4.40. The summed E-state index contributed by atoms with van der Waals surface area (Å²) in [5, 5.41) is 12.5. The molecule has 86 valence electrons. The van der Waals surface area contributed by atoms with Crippen molar-refractivity contribution in [2.75, 3.05) is 0 Å². The monoisotopic (exact) mass is 223 g/mol. The Morgan fingerprint density at radius 1 is 1.56 bits per heavy atom. The second kappa shape index (κ2) is 4.22. The van der Waals surface area contributed by atoms with E-state index in [1.54, 1.807) is 6.92 Å². The van der Waals surface area contributed by atoms with Crippen LogP contribution >= 0.6 is 0 Å². The first kappa shape index (κ1) is 11.1. The molecule has 0 radical (unpaired) electrons. The van der Waals surface area contributed by atoms with Gasteiger partial charge in [-0.2, -0.15) is 0 Å². The van der Waals surface area contributed by atoms with E-state index in [2.05, 4.69) is 5.32 Å². The predicted molar refractivity (Wildman–Crippen MR) is 57.3 cm³/mol. The first-order valence-electron chi connectivity index (χ1n) is 5.32. The Bertz CT molecular complexity index is 415. The minimum Gasteiger partial charge on any atom is -0.378 e. The normalized spacial score (nSPS) is 16.9. The molecule has 2 N–H and O–H groups in total. The van der Waals surface area contributed by atoms with Gasteiger partial charge in [-0.1, -0.05) is 12.1 Å². The number of carbonyl (C=O) groups is 1. The van der Waals surface area contributed by atoms with Crippen molar-refractivity contribution in [3.8, 4) is 0 Å². The summed E-state index contributed by atoms with van der Waals surface area (Å²) < 4.78 is 13.0. The molecule has 1 aromatic carbocycles. The molecule has 4 heteroatoms. The average Bonchev–Trinajstić information content (AvgIpc) is 3.05. The van der Waals surface area contributed by atoms with Gasteiger partial charge in [0.2, 0.25) is 0 Å². The Kier molecular flexibility index (Phi) is 2.92. The fraction of sp³-hybridized carbons (Fsp3) is 0.417. The SMILES string of the molecule is Cc1cc(C(O)C(=O)NC2CC2)ccc1F. The second-order valence-corrected chi connectivity index (χ2v) is 4.19. The predicted octanol–water partition coefficient (Wildman–Crippen LogP) is 1.45. The van der Waals surface area contributed by atoms with E-state index in [9.17, 15) is 14.3 Å². The van der Waals surface area contributed by atoms with Gasteiger partial charge in [-0.25, -0.2) is 4.39 Å². The Labute approximate surface area is 93.3 Å². The molecule has 1 amide bonds. The first-order valence-corrected chi connectivity index (χ1v) is 5.32. The first-order chi connectivity index (χ1) is 7.58. The van der Waals surface area contributed by atoms with Gasteiger partial charge >= 0.3 is 0 Å². The summed E-state index contributed by atoms with van der Waals surface area (Å²) >= 11 is 0. The van der Waals surface area contributed by atoms with E-state index >= 15 is 0 Å². The van der Waals surface area contributed by atoms with Gasteiger partial charge in [-0.3, -0.25) is 4.79 Å². The van der Waals surface area contributed by atoms with Crippen LogP contribution in [0.2, 0.25) is 0 Å². The maximum Gasteiger partial charge on any atom is 0.253 e. The highest BCUT2D eigenvalue weighted by atomic mass is 19.1. The summed E-state index contributed by atoms with van der Waals surface area (Å²) in [5.74, 6) is -0.743. The molecule has 0 aromatic heterocycles. The topological polar surface area (TPSA) is 49.3 Å². The van der Waals surface area contributed by atoms with E-state index in [4.69, 9.17) is 0 Å². The van der Waals surface area contributed by atoms with Crippen LogP contribution in [-0.4, -0.2) is 17.1 Å². The average molecular weight is 223 g/mol. The molecule has 1 aliphatic carbocycles. The molecule has 0 heterocycles. The Hall–Kier alpha value is -1.42. The Balaban J connectivity index is 2.09. The van der Waals surface area contributed by atoms with Gasteiger partial charge in [0, 0.05) is 6.04 Å². The molecule has 0 bridgehead atoms. The highest BCUT2D eigenvalue weighted by Gasteiger charge is 2.27. The quantitative estimate of drug-likeness (QED) is 0.814. The lowest BCUT2D eigenvalue weighted by Crippen LogP contribution is -2.30. The van der Waals surface area contributed by atoms with Gasteiger partial charge in [0.15, 0.2) is 6.10 Å². The van der Waals surface area contributed by atoms with Crippen molar-refractivity contribution in [3.63, 3.8) is 0 Å². The fourth-order valence-corrected chi connectivity index (χ4v) is 1.50. The summed E-state index contributed by atoms with van der Waals surface area (Å²) in [4.78, 5) is 11.5. The zero-order valence-corrected chi connectivity index (χ0v) is 9.03. The van der Waals surface area contributed by atoms with Gasteiger partial charge in [0.25, 0.3) is 5.91 Å². The van der Waals surface area contributed by atoms with Gasteiger partial charge in [0.1, 0.15) is 5.82 Å². The minimum atomic E-state index is -1.21. The molecule has 1 unspecified atom stereocenters. The fourth-order valence-electron chi connectivity index (χ4n) is 1.50. The number of benzene rings is 1. The van der Waals surface area contributed by atoms with E-state index in [1.807, 2.05) is 0 Å².